The lowest BCUT2D eigenvalue weighted by molar-refractivity contribution is -0.143. The second-order valence-electron chi connectivity index (χ2n) is 8.10. The van der Waals surface area contributed by atoms with Crippen molar-refractivity contribution in [3.63, 3.8) is 0 Å². The Bertz CT molecular complexity index is 1240. The molecule has 0 saturated carbocycles. The third-order valence-corrected chi connectivity index (χ3v) is 5.26. The third-order valence-electron chi connectivity index (χ3n) is 5.26. The summed E-state index contributed by atoms with van der Waals surface area (Å²) in [5.41, 5.74) is 2.97. The Labute approximate surface area is 209 Å². The fourth-order valence-electron chi connectivity index (χ4n) is 3.83. The molecule has 0 atom stereocenters. The molecule has 0 bridgehead atoms. The van der Waals surface area contributed by atoms with E-state index in [9.17, 15) is 19.2 Å². The van der Waals surface area contributed by atoms with E-state index in [0.29, 0.717) is 41.3 Å². The number of urea groups is 1. The zero-order valence-corrected chi connectivity index (χ0v) is 20.7. The molecule has 1 heterocycles. The van der Waals surface area contributed by atoms with Crippen molar-refractivity contribution in [1.29, 1.82) is 0 Å². The maximum absolute atomic E-state index is 13.3. The number of nitrogens with one attached hydrogen (secondary N) is 1. The van der Waals surface area contributed by atoms with Gasteiger partial charge in [0.1, 0.15) is 5.57 Å². The molecule has 2 aromatic carbocycles. The van der Waals surface area contributed by atoms with Crippen LogP contribution in [0.5, 0.6) is 11.5 Å². The van der Waals surface area contributed by atoms with Crippen molar-refractivity contribution in [2.75, 3.05) is 25.2 Å². The van der Waals surface area contributed by atoms with Crippen LogP contribution in [-0.2, 0) is 25.5 Å². The predicted molar refractivity (Wildman–Crippen MR) is 134 cm³/mol. The monoisotopic (exact) mass is 492 g/mol. The second-order valence-corrected chi connectivity index (χ2v) is 8.10. The molecule has 188 valence electrons. The van der Waals surface area contributed by atoms with Crippen molar-refractivity contribution < 1.29 is 33.4 Å². The number of nitrogens with zero attached hydrogens (tertiary/aromatic N) is 1. The van der Waals surface area contributed by atoms with Crippen LogP contribution in [0.3, 0.4) is 0 Å². The van der Waals surface area contributed by atoms with Crippen LogP contribution in [0, 0.1) is 13.8 Å². The van der Waals surface area contributed by atoms with Gasteiger partial charge in [-0.25, -0.2) is 14.5 Å². The van der Waals surface area contributed by atoms with Crippen molar-refractivity contribution in [1.82, 2.24) is 5.32 Å². The first-order valence-electron chi connectivity index (χ1n) is 11.3. The molecule has 36 heavy (non-hydrogen) atoms. The Balaban J connectivity index is 2.07. The molecular formula is C27H28N2O7. The van der Waals surface area contributed by atoms with E-state index in [1.165, 1.54) is 13.2 Å². The third kappa shape index (κ3) is 5.80. The first kappa shape index (κ1) is 26.2. The number of barbiturate groups is 1. The van der Waals surface area contributed by atoms with Gasteiger partial charge in [-0.15, -0.1) is 6.58 Å². The van der Waals surface area contributed by atoms with Crippen LogP contribution < -0.4 is 19.7 Å². The number of hydrogen-bond acceptors (Lipinski definition) is 7. The van der Waals surface area contributed by atoms with E-state index in [-0.39, 0.29) is 12.2 Å². The van der Waals surface area contributed by atoms with Crippen LogP contribution in [0.1, 0.15) is 29.2 Å². The Morgan fingerprint density at radius 3 is 2.36 bits per heavy atom. The van der Waals surface area contributed by atoms with Crippen molar-refractivity contribution in [2.24, 2.45) is 0 Å². The Morgan fingerprint density at radius 2 is 1.75 bits per heavy atom. The number of methoxy groups -OCH3 is 1. The number of hydrogen-bond donors (Lipinski definition) is 1. The number of benzene rings is 2. The predicted octanol–water partition coefficient (Wildman–Crippen LogP) is 3.65. The molecule has 1 aliphatic heterocycles. The number of amides is 4. The van der Waals surface area contributed by atoms with Crippen LogP contribution in [0.4, 0.5) is 10.5 Å². The topological polar surface area (TPSA) is 111 Å². The summed E-state index contributed by atoms with van der Waals surface area (Å²) in [4.78, 5) is 51.1. The minimum absolute atomic E-state index is 0.219. The fourth-order valence-corrected chi connectivity index (χ4v) is 3.83. The number of carbonyl (C=O) groups is 4. The number of imide groups is 2. The first-order valence-corrected chi connectivity index (χ1v) is 11.3. The van der Waals surface area contributed by atoms with Gasteiger partial charge in [0.25, 0.3) is 11.8 Å². The molecule has 1 N–H and O–H groups in total. The highest BCUT2D eigenvalue weighted by Crippen LogP contribution is 2.35. The number of ether oxygens (including phenoxy) is 3. The molecule has 0 aliphatic carbocycles. The number of anilines is 1. The van der Waals surface area contributed by atoms with Crippen LogP contribution in [0.25, 0.3) is 6.08 Å². The lowest BCUT2D eigenvalue weighted by Crippen LogP contribution is -2.54. The van der Waals surface area contributed by atoms with E-state index in [2.05, 4.69) is 16.6 Å². The molecule has 9 nitrogen and oxygen atoms in total. The lowest BCUT2D eigenvalue weighted by atomic mass is 10.0. The second kappa shape index (κ2) is 11.4. The molecule has 2 aromatic rings. The summed E-state index contributed by atoms with van der Waals surface area (Å²) < 4.78 is 16.0. The van der Waals surface area contributed by atoms with Gasteiger partial charge in [-0.1, -0.05) is 12.1 Å². The summed E-state index contributed by atoms with van der Waals surface area (Å²) in [5, 5.41) is 2.23. The maximum atomic E-state index is 13.3. The summed E-state index contributed by atoms with van der Waals surface area (Å²) in [6, 6.07) is 7.77. The maximum Gasteiger partial charge on any atom is 0.343 e. The largest absolute Gasteiger partial charge is 0.490 e. The van der Waals surface area contributed by atoms with E-state index >= 15 is 0 Å². The van der Waals surface area contributed by atoms with Gasteiger partial charge in [-0.3, -0.25) is 14.9 Å². The smallest absolute Gasteiger partial charge is 0.343 e. The molecule has 1 aliphatic rings. The highest BCUT2D eigenvalue weighted by molar-refractivity contribution is 6.39. The van der Waals surface area contributed by atoms with E-state index in [0.717, 1.165) is 16.0 Å². The fraction of sp³-hybridized carbons (Fsp3) is 0.259. The van der Waals surface area contributed by atoms with Crippen LogP contribution in [0.15, 0.2) is 48.6 Å². The first-order chi connectivity index (χ1) is 17.2. The molecule has 9 heteroatoms. The number of aryl methyl sites for hydroxylation is 2. The summed E-state index contributed by atoms with van der Waals surface area (Å²) in [5.74, 6) is -1.47. The van der Waals surface area contributed by atoms with Gasteiger partial charge in [0.2, 0.25) is 0 Å². The van der Waals surface area contributed by atoms with E-state index in [1.54, 1.807) is 37.3 Å². The standard InChI is InChI=1S/C27H28N2O7/c1-6-8-19-12-18(14-22(35-7-2)24(19)36-15-23(30)34-5)13-21-25(31)28-27(33)29(26(21)32)20-10-16(3)9-17(4)11-20/h6,9-14H,1,7-8,15H2,2-5H3,(H,28,31,33)/b21-13+. The van der Waals surface area contributed by atoms with E-state index < -0.39 is 23.8 Å². The number of rotatable bonds is 9. The van der Waals surface area contributed by atoms with Gasteiger partial charge in [-0.05, 0) is 74.2 Å². The average Bonchev–Trinajstić information content (AvgIpc) is 2.80. The summed E-state index contributed by atoms with van der Waals surface area (Å²) in [6.45, 7) is 9.22. The molecule has 0 spiro atoms. The molecule has 0 unspecified atom stereocenters. The number of esters is 1. The SMILES string of the molecule is C=CCc1cc(/C=C2\C(=O)NC(=O)N(c3cc(C)cc(C)c3)C2=O)cc(OCC)c1OCC(=O)OC. The van der Waals surface area contributed by atoms with Crippen LogP contribution >= 0.6 is 0 Å². The molecule has 1 saturated heterocycles. The lowest BCUT2D eigenvalue weighted by Gasteiger charge is -2.27. The van der Waals surface area contributed by atoms with Crippen LogP contribution in [-0.4, -0.2) is 44.1 Å². The van der Waals surface area contributed by atoms with Gasteiger partial charge in [-0.2, -0.15) is 0 Å². The Morgan fingerprint density at radius 1 is 1.06 bits per heavy atom. The van der Waals surface area contributed by atoms with Crippen molar-refractivity contribution in [3.8, 4) is 11.5 Å². The van der Waals surface area contributed by atoms with Gasteiger partial charge < -0.3 is 14.2 Å². The molecular weight excluding hydrogens is 464 g/mol. The van der Waals surface area contributed by atoms with Crippen molar-refractivity contribution >= 4 is 35.6 Å². The number of carbonyl (C=O) groups excluding carboxylic acids is 4. The Kier molecular flexibility index (Phi) is 8.26. The summed E-state index contributed by atoms with van der Waals surface area (Å²) >= 11 is 0. The minimum atomic E-state index is -0.818. The van der Waals surface area contributed by atoms with Gasteiger partial charge in [0.15, 0.2) is 18.1 Å². The summed E-state index contributed by atoms with van der Waals surface area (Å²) in [6.07, 6.45) is 3.39. The minimum Gasteiger partial charge on any atom is -0.490 e. The highest BCUT2D eigenvalue weighted by Gasteiger charge is 2.37. The molecule has 3 rings (SSSR count). The molecule has 4 amide bonds. The Hall–Kier alpha value is -4.40. The average molecular weight is 493 g/mol. The molecule has 1 fully saturated rings. The summed E-state index contributed by atoms with van der Waals surface area (Å²) in [7, 11) is 1.26. The normalized spacial score (nSPS) is 14.5. The van der Waals surface area contributed by atoms with Gasteiger partial charge in [0, 0.05) is 5.56 Å². The highest BCUT2D eigenvalue weighted by atomic mass is 16.6. The zero-order chi connectivity index (χ0) is 26.4. The molecule has 0 radical (unpaired) electrons. The quantitative estimate of drug-likeness (QED) is 0.246. The zero-order valence-electron chi connectivity index (χ0n) is 20.7. The number of allylic oxidation sites excluding steroid dienone is 1. The van der Waals surface area contributed by atoms with E-state index in [1.807, 2.05) is 19.9 Å². The van der Waals surface area contributed by atoms with Gasteiger partial charge >= 0.3 is 12.0 Å². The van der Waals surface area contributed by atoms with Crippen molar-refractivity contribution in [2.45, 2.75) is 27.2 Å². The van der Waals surface area contributed by atoms with Crippen LogP contribution in [0.2, 0.25) is 0 Å². The molecule has 0 aromatic heterocycles. The van der Waals surface area contributed by atoms with E-state index in [4.69, 9.17) is 9.47 Å². The van der Waals surface area contributed by atoms with Crippen molar-refractivity contribution in [3.05, 3.63) is 70.8 Å². The van der Waals surface area contributed by atoms with Gasteiger partial charge in [0.05, 0.1) is 19.4 Å².